The van der Waals surface area contributed by atoms with Gasteiger partial charge in [-0.05, 0) is 33.6 Å². The molecule has 0 amide bonds. The lowest BCUT2D eigenvalue weighted by molar-refractivity contribution is 0.936. The second-order valence-electron chi connectivity index (χ2n) is 3.31. The Labute approximate surface area is 111 Å². The number of H-pyrrole nitrogens is 1. The van der Waals surface area contributed by atoms with Crippen LogP contribution in [0.1, 0.15) is 5.56 Å². The Kier molecular flexibility index (Phi) is 3.98. The second kappa shape index (κ2) is 5.48. The maximum atomic E-state index is 11.1. The number of hydrogen-bond acceptors (Lipinski definition) is 4. The van der Waals surface area contributed by atoms with Gasteiger partial charge in [-0.25, -0.2) is 4.98 Å². The fourth-order valence-corrected chi connectivity index (χ4v) is 2.70. The summed E-state index contributed by atoms with van der Waals surface area (Å²) in [6.07, 6.45) is 1.49. The Bertz CT molecular complexity index is 585. The van der Waals surface area contributed by atoms with Gasteiger partial charge in [0.2, 0.25) is 0 Å². The highest BCUT2D eigenvalue weighted by molar-refractivity contribution is 9.10. The third kappa shape index (κ3) is 3.18. The molecule has 0 bridgehead atoms. The van der Waals surface area contributed by atoms with Gasteiger partial charge < -0.3 is 10.7 Å². The molecular formula is C11H10BrN3OS. The standard InChI is InChI=1S/C11H10BrN3OS/c12-8-5-7(6-13)1-2-9(8)17-11-14-4-3-10(16)15-11/h1-5H,6,13H2,(H,14,15,16). The Morgan fingerprint density at radius 2 is 2.24 bits per heavy atom. The average Bonchev–Trinajstić information content (AvgIpc) is 2.32. The van der Waals surface area contributed by atoms with E-state index >= 15 is 0 Å². The number of rotatable bonds is 3. The highest BCUT2D eigenvalue weighted by atomic mass is 79.9. The lowest BCUT2D eigenvalue weighted by Gasteiger charge is -2.05. The number of nitrogens with two attached hydrogens (primary N) is 1. The molecule has 0 atom stereocenters. The summed E-state index contributed by atoms with van der Waals surface area (Å²) in [6, 6.07) is 7.25. The smallest absolute Gasteiger partial charge is 0.251 e. The molecule has 3 N–H and O–H groups in total. The van der Waals surface area contributed by atoms with Crippen LogP contribution in [-0.2, 0) is 6.54 Å². The maximum Gasteiger partial charge on any atom is 0.251 e. The van der Waals surface area contributed by atoms with E-state index in [9.17, 15) is 4.79 Å². The quantitative estimate of drug-likeness (QED) is 0.852. The lowest BCUT2D eigenvalue weighted by atomic mass is 10.2. The Balaban J connectivity index is 2.27. The number of nitrogens with one attached hydrogen (secondary N) is 1. The largest absolute Gasteiger partial charge is 0.326 e. The van der Waals surface area contributed by atoms with E-state index in [1.165, 1.54) is 24.0 Å². The minimum Gasteiger partial charge on any atom is -0.326 e. The first kappa shape index (κ1) is 12.3. The summed E-state index contributed by atoms with van der Waals surface area (Å²) >= 11 is 4.86. The van der Waals surface area contributed by atoms with E-state index in [-0.39, 0.29) is 5.56 Å². The summed E-state index contributed by atoms with van der Waals surface area (Å²) in [6.45, 7) is 0.504. The van der Waals surface area contributed by atoms with Crippen LogP contribution >= 0.6 is 27.7 Å². The summed E-state index contributed by atoms with van der Waals surface area (Å²) in [7, 11) is 0. The molecule has 17 heavy (non-hydrogen) atoms. The van der Waals surface area contributed by atoms with Gasteiger partial charge in [0, 0.05) is 28.2 Å². The van der Waals surface area contributed by atoms with E-state index in [0.717, 1.165) is 14.9 Å². The van der Waals surface area contributed by atoms with E-state index in [1.54, 1.807) is 0 Å². The molecule has 0 aliphatic rings. The molecule has 0 saturated heterocycles. The molecule has 1 aromatic carbocycles. The number of aromatic nitrogens is 2. The van der Waals surface area contributed by atoms with E-state index in [4.69, 9.17) is 5.73 Å². The first-order valence-electron chi connectivity index (χ1n) is 4.91. The van der Waals surface area contributed by atoms with Gasteiger partial charge in [-0.15, -0.1) is 0 Å². The molecule has 88 valence electrons. The number of hydrogen-bond donors (Lipinski definition) is 2. The molecule has 0 unspecified atom stereocenters. The van der Waals surface area contributed by atoms with E-state index < -0.39 is 0 Å². The number of benzene rings is 1. The molecule has 2 aromatic rings. The summed E-state index contributed by atoms with van der Waals surface area (Å²) in [4.78, 5) is 18.9. The van der Waals surface area contributed by atoms with Crippen LogP contribution in [0.3, 0.4) is 0 Å². The molecule has 0 aliphatic heterocycles. The molecule has 1 heterocycles. The van der Waals surface area contributed by atoms with Gasteiger partial charge in [-0.1, -0.05) is 17.8 Å². The van der Waals surface area contributed by atoms with Crippen molar-refractivity contribution in [2.75, 3.05) is 0 Å². The van der Waals surface area contributed by atoms with E-state index in [2.05, 4.69) is 25.9 Å². The Morgan fingerprint density at radius 1 is 1.41 bits per heavy atom. The average molecular weight is 312 g/mol. The summed E-state index contributed by atoms with van der Waals surface area (Å²) in [5.41, 5.74) is 6.45. The molecule has 2 rings (SSSR count). The molecule has 0 radical (unpaired) electrons. The number of aromatic amines is 1. The second-order valence-corrected chi connectivity index (χ2v) is 5.20. The lowest BCUT2D eigenvalue weighted by Crippen LogP contribution is -2.05. The molecule has 0 spiro atoms. The molecule has 4 nitrogen and oxygen atoms in total. The van der Waals surface area contributed by atoms with Gasteiger partial charge >= 0.3 is 0 Å². The summed E-state index contributed by atoms with van der Waals surface area (Å²) in [5, 5.41) is 0.568. The molecule has 0 fully saturated rings. The summed E-state index contributed by atoms with van der Waals surface area (Å²) in [5.74, 6) is 0. The van der Waals surface area contributed by atoms with Crippen LogP contribution in [0.15, 0.2) is 49.8 Å². The van der Waals surface area contributed by atoms with Crippen LogP contribution in [0.4, 0.5) is 0 Å². The van der Waals surface area contributed by atoms with Crippen molar-refractivity contribution in [1.82, 2.24) is 9.97 Å². The van der Waals surface area contributed by atoms with E-state index in [1.807, 2.05) is 18.2 Å². The maximum absolute atomic E-state index is 11.1. The molecule has 0 saturated carbocycles. The van der Waals surface area contributed by atoms with Gasteiger partial charge in [0.05, 0.1) is 0 Å². The monoisotopic (exact) mass is 311 g/mol. The first-order chi connectivity index (χ1) is 8.19. The van der Waals surface area contributed by atoms with Crippen LogP contribution in [0.2, 0.25) is 0 Å². The Morgan fingerprint density at radius 3 is 2.88 bits per heavy atom. The van der Waals surface area contributed by atoms with Crippen LogP contribution < -0.4 is 11.3 Å². The highest BCUT2D eigenvalue weighted by Crippen LogP contribution is 2.31. The van der Waals surface area contributed by atoms with Gasteiger partial charge in [0.1, 0.15) is 0 Å². The minimum atomic E-state index is -0.155. The molecule has 1 aromatic heterocycles. The third-order valence-electron chi connectivity index (χ3n) is 2.09. The van der Waals surface area contributed by atoms with Crippen molar-refractivity contribution in [2.24, 2.45) is 5.73 Å². The highest BCUT2D eigenvalue weighted by Gasteiger charge is 2.04. The van der Waals surface area contributed by atoms with Crippen LogP contribution in [-0.4, -0.2) is 9.97 Å². The van der Waals surface area contributed by atoms with Crippen molar-refractivity contribution in [3.63, 3.8) is 0 Å². The normalized spacial score (nSPS) is 10.5. The van der Waals surface area contributed by atoms with Crippen molar-refractivity contribution >= 4 is 27.7 Å². The van der Waals surface area contributed by atoms with Crippen LogP contribution in [0.25, 0.3) is 0 Å². The zero-order valence-corrected chi connectivity index (χ0v) is 11.2. The zero-order chi connectivity index (χ0) is 12.3. The van der Waals surface area contributed by atoms with Gasteiger partial charge in [-0.2, -0.15) is 0 Å². The van der Waals surface area contributed by atoms with E-state index in [0.29, 0.717) is 11.7 Å². The minimum absolute atomic E-state index is 0.155. The van der Waals surface area contributed by atoms with Crippen LogP contribution in [0.5, 0.6) is 0 Å². The predicted molar refractivity (Wildman–Crippen MR) is 71.0 cm³/mol. The fraction of sp³-hybridized carbons (Fsp3) is 0.0909. The summed E-state index contributed by atoms with van der Waals surface area (Å²) < 4.78 is 0.942. The topological polar surface area (TPSA) is 71.8 Å². The molecular weight excluding hydrogens is 302 g/mol. The fourth-order valence-electron chi connectivity index (χ4n) is 1.26. The predicted octanol–water partition coefficient (Wildman–Crippen LogP) is 2.14. The first-order valence-corrected chi connectivity index (χ1v) is 6.51. The van der Waals surface area contributed by atoms with Crippen molar-refractivity contribution in [1.29, 1.82) is 0 Å². The molecule has 0 aliphatic carbocycles. The van der Waals surface area contributed by atoms with Crippen molar-refractivity contribution in [2.45, 2.75) is 16.6 Å². The zero-order valence-electron chi connectivity index (χ0n) is 8.81. The SMILES string of the molecule is NCc1ccc(Sc2nccc(=O)[nH]2)c(Br)c1. The van der Waals surface area contributed by atoms with Gasteiger partial charge in [0.15, 0.2) is 5.16 Å². The van der Waals surface area contributed by atoms with Crippen molar-refractivity contribution < 1.29 is 0 Å². The molecule has 6 heteroatoms. The van der Waals surface area contributed by atoms with Gasteiger partial charge in [-0.3, -0.25) is 4.79 Å². The van der Waals surface area contributed by atoms with Crippen LogP contribution in [0, 0.1) is 0 Å². The van der Waals surface area contributed by atoms with Crippen molar-refractivity contribution in [3.05, 3.63) is 50.9 Å². The number of halogens is 1. The third-order valence-corrected chi connectivity index (χ3v) is 3.98. The number of nitrogens with zero attached hydrogens (tertiary/aromatic N) is 1. The van der Waals surface area contributed by atoms with Gasteiger partial charge in [0.25, 0.3) is 5.56 Å². The Hall–Kier alpha value is -1.11. The van der Waals surface area contributed by atoms with Crippen molar-refractivity contribution in [3.8, 4) is 0 Å².